The van der Waals surface area contributed by atoms with Gasteiger partial charge in [0.25, 0.3) is 0 Å². The summed E-state index contributed by atoms with van der Waals surface area (Å²) in [5, 5.41) is 0. The highest BCUT2D eigenvalue weighted by Crippen LogP contribution is 2.47. The first-order chi connectivity index (χ1) is 4.18. The van der Waals surface area contributed by atoms with E-state index in [4.69, 9.17) is 0 Å². The lowest BCUT2D eigenvalue weighted by Gasteiger charge is -1.96. The zero-order valence-electron chi connectivity index (χ0n) is 6.71. The Kier molecular flexibility index (Phi) is 3.83. The monoisotopic (exact) mass is 132 g/mol. The molecule has 1 fully saturated rings. The Morgan fingerprint density at radius 3 is 1.67 bits per heavy atom. The van der Waals surface area contributed by atoms with E-state index in [0.29, 0.717) is 0 Å². The fourth-order valence-corrected chi connectivity index (χ4v) is 0.567. The highest BCUT2D eigenvalue weighted by Gasteiger charge is 2.34. The summed E-state index contributed by atoms with van der Waals surface area (Å²) in [6.45, 7) is 5.83. The fraction of sp³-hybridized carbons (Fsp3) is 1.00. The first-order valence-corrected chi connectivity index (χ1v) is 3.74. The molecular formula is C8H17F. The fourth-order valence-electron chi connectivity index (χ4n) is 0.567. The molecule has 0 atom stereocenters. The average Bonchev–Trinajstić information content (AvgIpc) is 2.52. The van der Waals surface area contributed by atoms with Crippen molar-refractivity contribution >= 4 is 0 Å². The normalized spacial score (nSPS) is 20.0. The van der Waals surface area contributed by atoms with E-state index in [2.05, 4.69) is 13.8 Å². The molecule has 0 heterocycles. The molecule has 0 saturated heterocycles. The number of hydrogen-bond donors (Lipinski definition) is 0. The molecule has 0 radical (unpaired) electrons. The molecule has 0 spiro atoms. The Morgan fingerprint density at radius 1 is 1.33 bits per heavy atom. The summed E-state index contributed by atoms with van der Waals surface area (Å²) in [5.74, 6) is 0. The van der Waals surface area contributed by atoms with Crippen LogP contribution in [-0.2, 0) is 0 Å². The molecule has 0 aromatic carbocycles. The summed E-state index contributed by atoms with van der Waals surface area (Å²) in [6, 6.07) is 0. The van der Waals surface area contributed by atoms with Gasteiger partial charge in [-0.1, -0.05) is 20.3 Å². The SMILES string of the molecule is CCC1(C)CC1.CCF. The van der Waals surface area contributed by atoms with Crippen molar-refractivity contribution in [1.29, 1.82) is 0 Å². The lowest BCUT2D eigenvalue weighted by molar-refractivity contribution is 0.527. The second-order valence-corrected chi connectivity index (χ2v) is 2.93. The zero-order valence-corrected chi connectivity index (χ0v) is 6.71. The summed E-state index contributed by atoms with van der Waals surface area (Å²) in [5.41, 5.74) is 0.792. The van der Waals surface area contributed by atoms with Crippen LogP contribution in [-0.4, -0.2) is 6.67 Å². The number of rotatable bonds is 1. The minimum atomic E-state index is -0.250. The van der Waals surface area contributed by atoms with E-state index < -0.39 is 0 Å². The van der Waals surface area contributed by atoms with E-state index in [1.807, 2.05) is 0 Å². The van der Waals surface area contributed by atoms with Crippen molar-refractivity contribution in [3.63, 3.8) is 0 Å². The molecule has 0 aromatic rings. The van der Waals surface area contributed by atoms with Crippen LogP contribution in [0, 0.1) is 5.41 Å². The van der Waals surface area contributed by atoms with Crippen LogP contribution in [0.2, 0.25) is 0 Å². The van der Waals surface area contributed by atoms with Crippen molar-refractivity contribution in [3.8, 4) is 0 Å². The van der Waals surface area contributed by atoms with E-state index in [1.165, 1.54) is 26.2 Å². The maximum absolute atomic E-state index is 10.3. The molecule has 1 aliphatic carbocycles. The zero-order chi connectivity index (χ0) is 7.33. The van der Waals surface area contributed by atoms with Gasteiger partial charge in [0.05, 0.1) is 6.67 Å². The maximum Gasteiger partial charge on any atom is 0.0866 e. The van der Waals surface area contributed by atoms with Crippen LogP contribution in [0.4, 0.5) is 4.39 Å². The predicted octanol–water partition coefficient (Wildman–Crippen LogP) is 3.17. The molecule has 1 saturated carbocycles. The molecule has 56 valence electrons. The first kappa shape index (κ1) is 8.93. The van der Waals surface area contributed by atoms with Gasteiger partial charge < -0.3 is 0 Å². The van der Waals surface area contributed by atoms with E-state index >= 15 is 0 Å². The summed E-state index contributed by atoms with van der Waals surface area (Å²) >= 11 is 0. The molecule has 0 aliphatic heterocycles. The molecule has 0 aromatic heterocycles. The molecule has 9 heavy (non-hydrogen) atoms. The molecular weight excluding hydrogens is 115 g/mol. The highest BCUT2D eigenvalue weighted by atomic mass is 19.1. The summed E-state index contributed by atoms with van der Waals surface area (Å²) in [4.78, 5) is 0. The largest absolute Gasteiger partial charge is 0.251 e. The summed E-state index contributed by atoms with van der Waals surface area (Å²) in [6.07, 6.45) is 4.33. The topological polar surface area (TPSA) is 0 Å². The lowest BCUT2D eigenvalue weighted by Crippen LogP contribution is -1.84. The number of alkyl halides is 1. The van der Waals surface area contributed by atoms with Crippen molar-refractivity contribution in [2.45, 2.75) is 40.0 Å². The van der Waals surface area contributed by atoms with Crippen LogP contribution in [0.1, 0.15) is 40.0 Å². The molecule has 1 aliphatic rings. The van der Waals surface area contributed by atoms with Gasteiger partial charge in [-0.05, 0) is 25.2 Å². The smallest absolute Gasteiger partial charge is 0.0866 e. The van der Waals surface area contributed by atoms with Crippen LogP contribution < -0.4 is 0 Å². The van der Waals surface area contributed by atoms with Crippen molar-refractivity contribution < 1.29 is 4.39 Å². The van der Waals surface area contributed by atoms with Crippen molar-refractivity contribution in [1.82, 2.24) is 0 Å². The third-order valence-corrected chi connectivity index (χ3v) is 1.96. The van der Waals surface area contributed by atoms with E-state index in [9.17, 15) is 4.39 Å². The van der Waals surface area contributed by atoms with Gasteiger partial charge in [-0.15, -0.1) is 0 Å². The quantitative estimate of drug-likeness (QED) is 0.514. The average molecular weight is 132 g/mol. The minimum absolute atomic E-state index is 0.250. The molecule has 0 nitrogen and oxygen atoms in total. The van der Waals surface area contributed by atoms with Gasteiger partial charge >= 0.3 is 0 Å². The van der Waals surface area contributed by atoms with Crippen molar-refractivity contribution in [2.75, 3.05) is 6.67 Å². The molecule has 0 N–H and O–H groups in total. The first-order valence-electron chi connectivity index (χ1n) is 3.74. The molecule has 0 bridgehead atoms. The standard InChI is InChI=1S/C6H12.C2H5F/c1-3-6(2)4-5-6;1-2-3/h3-5H2,1-2H3;2H2,1H3. The van der Waals surface area contributed by atoms with Crippen molar-refractivity contribution in [3.05, 3.63) is 0 Å². The van der Waals surface area contributed by atoms with Crippen molar-refractivity contribution in [2.24, 2.45) is 5.41 Å². The van der Waals surface area contributed by atoms with Gasteiger partial charge in [-0.25, -0.2) is 0 Å². The van der Waals surface area contributed by atoms with Crippen LogP contribution in [0.15, 0.2) is 0 Å². The van der Waals surface area contributed by atoms with Gasteiger partial charge in [-0.3, -0.25) is 4.39 Å². The third-order valence-electron chi connectivity index (χ3n) is 1.96. The summed E-state index contributed by atoms with van der Waals surface area (Å²) in [7, 11) is 0. The van der Waals surface area contributed by atoms with Crippen LogP contribution in [0.3, 0.4) is 0 Å². The van der Waals surface area contributed by atoms with Crippen LogP contribution in [0.5, 0.6) is 0 Å². The predicted molar refractivity (Wildman–Crippen MR) is 39.3 cm³/mol. The van der Waals surface area contributed by atoms with Crippen LogP contribution >= 0.6 is 0 Å². The van der Waals surface area contributed by atoms with Gasteiger partial charge in [0, 0.05) is 0 Å². The van der Waals surface area contributed by atoms with Gasteiger partial charge in [0.1, 0.15) is 0 Å². The Balaban J connectivity index is 0.000000187. The van der Waals surface area contributed by atoms with Gasteiger partial charge in [-0.2, -0.15) is 0 Å². The second kappa shape index (κ2) is 3.86. The molecule has 0 amide bonds. The highest BCUT2D eigenvalue weighted by molar-refractivity contribution is 4.86. The molecule has 1 heteroatoms. The van der Waals surface area contributed by atoms with Gasteiger partial charge in [0.15, 0.2) is 0 Å². The van der Waals surface area contributed by atoms with E-state index in [-0.39, 0.29) is 6.67 Å². The number of halogens is 1. The Bertz CT molecular complexity index is 65.0. The minimum Gasteiger partial charge on any atom is -0.251 e. The Labute approximate surface area is 57.5 Å². The second-order valence-electron chi connectivity index (χ2n) is 2.93. The maximum atomic E-state index is 10.3. The Morgan fingerprint density at radius 2 is 1.67 bits per heavy atom. The Hall–Kier alpha value is -0.0700. The third kappa shape index (κ3) is 4.43. The molecule has 1 rings (SSSR count). The van der Waals surface area contributed by atoms with E-state index in [0.717, 1.165) is 5.41 Å². The summed E-state index contributed by atoms with van der Waals surface area (Å²) < 4.78 is 10.3. The number of hydrogen-bond acceptors (Lipinski definition) is 0. The lowest BCUT2D eigenvalue weighted by atomic mass is 10.1. The van der Waals surface area contributed by atoms with Gasteiger partial charge in [0.2, 0.25) is 0 Å². The van der Waals surface area contributed by atoms with E-state index in [1.54, 1.807) is 0 Å². The molecule has 0 unspecified atom stereocenters. The van der Waals surface area contributed by atoms with Crippen LogP contribution in [0.25, 0.3) is 0 Å².